The maximum absolute atomic E-state index is 3.51. The van der Waals surface area contributed by atoms with Crippen molar-refractivity contribution in [2.45, 2.75) is 85.0 Å². The van der Waals surface area contributed by atoms with Crippen LogP contribution in [0.25, 0.3) is 0 Å². The molecule has 0 amide bonds. The molecular weight excluding hydrogens is 288 g/mol. The largest absolute Gasteiger partial charge is 0.0945 e. The molecule has 0 N–H and O–H groups in total. The second kappa shape index (κ2) is 9.93. The van der Waals surface area contributed by atoms with Gasteiger partial charge in [-0.1, -0.05) is 64.5 Å². The molecule has 0 saturated heterocycles. The van der Waals surface area contributed by atoms with Gasteiger partial charge in [0, 0.05) is 11.5 Å². The maximum Gasteiger partial charge on any atom is 0.0245 e. The fourth-order valence-electron chi connectivity index (χ4n) is 4.02. The van der Waals surface area contributed by atoms with Crippen molar-refractivity contribution < 1.29 is 0 Å². The van der Waals surface area contributed by atoms with Gasteiger partial charge in [0.2, 0.25) is 0 Å². The predicted octanol–water partition coefficient (Wildman–Crippen LogP) is 7.18. The molecule has 132 valence electrons. The van der Waals surface area contributed by atoms with Gasteiger partial charge in [0.05, 0.1) is 0 Å². The Kier molecular flexibility index (Phi) is 7.90. The lowest BCUT2D eigenvalue weighted by Crippen LogP contribution is -2.10. The SMILES string of the molecule is CC.CC1CCC(C#Cc2ccc(C3CCC(C)CC3)cc2)CC1. The van der Waals surface area contributed by atoms with Crippen LogP contribution in [0.3, 0.4) is 0 Å². The monoisotopic (exact) mass is 324 g/mol. The first-order chi connectivity index (χ1) is 11.7. The second-order valence-electron chi connectivity index (χ2n) is 7.80. The molecule has 0 radical (unpaired) electrons. The highest BCUT2D eigenvalue weighted by molar-refractivity contribution is 5.37. The van der Waals surface area contributed by atoms with E-state index >= 15 is 0 Å². The smallest absolute Gasteiger partial charge is 0.0245 e. The van der Waals surface area contributed by atoms with Gasteiger partial charge >= 0.3 is 0 Å². The van der Waals surface area contributed by atoms with E-state index in [0.29, 0.717) is 5.92 Å². The van der Waals surface area contributed by atoms with Gasteiger partial charge < -0.3 is 0 Å². The number of benzene rings is 1. The van der Waals surface area contributed by atoms with Gasteiger partial charge in [-0.25, -0.2) is 0 Å². The number of rotatable bonds is 1. The van der Waals surface area contributed by atoms with Crippen LogP contribution in [0.4, 0.5) is 0 Å². The van der Waals surface area contributed by atoms with E-state index in [0.717, 1.165) is 17.8 Å². The third-order valence-electron chi connectivity index (χ3n) is 5.83. The fourth-order valence-corrected chi connectivity index (χ4v) is 4.02. The number of hydrogen-bond donors (Lipinski definition) is 0. The van der Waals surface area contributed by atoms with Gasteiger partial charge in [0.15, 0.2) is 0 Å². The van der Waals surface area contributed by atoms with Gasteiger partial charge in [-0.3, -0.25) is 0 Å². The van der Waals surface area contributed by atoms with Crippen molar-refractivity contribution in [2.24, 2.45) is 17.8 Å². The van der Waals surface area contributed by atoms with E-state index in [2.05, 4.69) is 50.0 Å². The van der Waals surface area contributed by atoms with Gasteiger partial charge in [-0.15, -0.1) is 0 Å². The normalized spacial score (nSPS) is 29.7. The van der Waals surface area contributed by atoms with Crippen LogP contribution in [-0.4, -0.2) is 0 Å². The second-order valence-corrected chi connectivity index (χ2v) is 7.80. The van der Waals surface area contributed by atoms with E-state index < -0.39 is 0 Å². The van der Waals surface area contributed by atoms with Crippen molar-refractivity contribution in [1.29, 1.82) is 0 Å². The summed E-state index contributed by atoms with van der Waals surface area (Å²) in [5, 5.41) is 0. The molecule has 2 fully saturated rings. The van der Waals surface area contributed by atoms with Gasteiger partial charge in [-0.2, -0.15) is 0 Å². The molecule has 1 aromatic rings. The van der Waals surface area contributed by atoms with E-state index in [9.17, 15) is 0 Å². The molecule has 0 spiro atoms. The average Bonchev–Trinajstić information content (AvgIpc) is 2.64. The first-order valence-corrected chi connectivity index (χ1v) is 10.3. The van der Waals surface area contributed by atoms with Crippen molar-refractivity contribution in [3.8, 4) is 11.8 Å². The Morgan fingerprint density at radius 1 is 0.708 bits per heavy atom. The lowest BCUT2D eigenvalue weighted by atomic mass is 9.79. The average molecular weight is 325 g/mol. The van der Waals surface area contributed by atoms with Gasteiger partial charge in [-0.05, 0) is 74.0 Å². The Hall–Kier alpha value is -1.22. The summed E-state index contributed by atoms with van der Waals surface area (Å²) < 4.78 is 0. The summed E-state index contributed by atoms with van der Waals surface area (Å²) in [6.07, 6.45) is 10.8. The van der Waals surface area contributed by atoms with Crippen molar-refractivity contribution in [3.05, 3.63) is 35.4 Å². The molecule has 2 aliphatic rings. The molecule has 0 unspecified atom stereocenters. The highest BCUT2D eigenvalue weighted by Crippen LogP contribution is 2.35. The molecule has 3 rings (SSSR count). The van der Waals surface area contributed by atoms with Crippen LogP contribution < -0.4 is 0 Å². The Bertz CT molecular complexity index is 511. The molecule has 1 aromatic carbocycles. The third-order valence-corrected chi connectivity index (χ3v) is 5.83. The summed E-state index contributed by atoms with van der Waals surface area (Å²) in [4.78, 5) is 0. The van der Waals surface area contributed by atoms with Crippen molar-refractivity contribution in [3.63, 3.8) is 0 Å². The zero-order valence-electron chi connectivity index (χ0n) is 16.3. The lowest BCUT2D eigenvalue weighted by Gasteiger charge is -2.26. The molecule has 0 aliphatic heterocycles. The number of hydrogen-bond acceptors (Lipinski definition) is 0. The summed E-state index contributed by atoms with van der Waals surface area (Å²) in [7, 11) is 0. The molecule has 0 nitrogen and oxygen atoms in total. The first kappa shape index (κ1) is 19.1. The van der Waals surface area contributed by atoms with Crippen molar-refractivity contribution in [1.82, 2.24) is 0 Å². The van der Waals surface area contributed by atoms with Crippen LogP contribution in [0.1, 0.15) is 96.1 Å². The highest BCUT2D eigenvalue weighted by Gasteiger charge is 2.19. The van der Waals surface area contributed by atoms with E-state index in [-0.39, 0.29) is 0 Å². The molecule has 0 bridgehead atoms. The third kappa shape index (κ3) is 5.70. The molecule has 24 heavy (non-hydrogen) atoms. The first-order valence-electron chi connectivity index (χ1n) is 10.3. The molecule has 2 saturated carbocycles. The van der Waals surface area contributed by atoms with Crippen LogP contribution in [0.2, 0.25) is 0 Å². The quantitative estimate of drug-likeness (QED) is 0.480. The van der Waals surface area contributed by atoms with E-state index in [4.69, 9.17) is 0 Å². The van der Waals surface area contributed by atoms with E-state index in [1.165, 1.54) is 62.5 Å². The van der Waals surface area contributed by atoms with Gasteiger partial charge in [0.1, 0.15) is 0 Å². The standard InChI is InChI=1S/C22H30.C2H6/c1-17-3-7-19(8-4-17)9-10-20-11-15-22(16-12-20)21-13-5-18(2)6-14-21;1-2/h11-12,15-19,21H,3-8,13-14H2,1-2H3;1-2H3. The van der Waals surface area contributed by atoms with Crippen LogP contribution in [0, 0.1) is 29.6 Å². The summed E-state index contributed by atoms with van der Waals surface area (Å²) in [6, 6.07) is 9.14. The van der Waals surface area contributed by atoms with Crippen LogP contribution in [-0.2, 0) is 0 Å². The molecule has 0 atom stereocenters. The highest BCUT2D eigenvalue weighted by atomic mass is 14.2. The van der Waals surface area contributed by atoms with Crippen molar-refractivity contribution in [2.75, 3.05) is 0 Å². The van der Waals surface area contributed by atoms with Gasteiger partial charge in [0.25, 0.3) is 0 Å². The maximum atomic E-state index is 3.51. The topological polar surface area (TPSA) is 0 Å². The molecule has 2 aliphatic carbocycles. The van der Waals surface area contributed by atoms with Crippen LogP contribution in [0.5, 0.6) is 0 Å². The summed E-state index contributed by atoms with van der Waals surface area (Å²) in [5.41, 5.74) is 2.73. The Labute approximate surface area is 150 Å². The fraction of sp³-hybridized carbons (Fsp3) is 0.667. The Morgan fingerprint density at radius 2 is 1.21 bits per heavy atom. The Balaban J connectivity index is 0.00000100. The van der Waals surface area contributed by atoms with E-state index in [1.807, 2.05) is 13.8 Å². The molecule has 0 aromatic heterocycles. The molecular formula is C24H36. The van der Waals surface area contributed by atoms with E-state index in [1.54, 1.807) is 0 Å². The van der Waals surface area contributed by atoms with Crippen LogP contribution >= 0.6 is 0 Å². The Morgan fingerprint density at radius 3 is 1.75 bits per heavy atom. The predicted molar refractivity (Wildman–Crippen MR) is 106 cm³/mol. The minimum absolute atomic E-state index is 0.635. The minimum atomic E-state index is 0.635. The summed E-state index contributed by atoms with van der Waals surface area (Å²) in [6.45, 7) is 8.76. The zero-order chi connectivity index (χ0) is 17.4. The lowest BCUT2D eigenvalue weighted by molar-refractivity contribution is 0.337. The molecule has 0 heterocycles. The van der Waals surface area contributed by atoms with Crippen LogP contribution in [0.15, 0.2) is 24.3 Å². The molecule has 0 heteroatoms. The van der Waals surface area contributed by atoms with Crippen molar-refractivity contribution >= 4 is 0 Å². The zero-order valence-corrected chi connectivity index (χ0v) is 16.3. The summed E-state index contributed by atoms with van der Waals surface area (Å²) >= 11 is 0. The minimum Gasteiger partial charge on any atom is -0.0945 e. The summed E-state index contributed by atoms with van der Waals surface area (Å²) in [5.74, 6) is 10.2.